The molecule has 3 heteroatoms. The fraction of sp³-hybridized carbons (Fsp3) is 0.250. The Morgan fingerprint density at radius 1 is 1.47 bits per heavy atom. The van der Waals surface area contributed by atoms with Crippen LogP contribution in [0.2, 0.25) is 0 Å². The number of aromatic nitrogens is 2. The van der Waals surface area contributed by atoms with Crippen molar-refractivity contribution in [2.24, 2.45) is 0 Å². The quantitative estimate of drug-likeness (QED) is 0.749. The first-order valence-corrected chi connectivity index (χ1v) is 5.10. The third-order valence-electron chi connectivity index (χ3n) is 2.42. The molecule has 0 saturated carbocycles. The largest absolute Gasteiger partial charge is 0.352 e. The summed E-state index contributed by atoms with van der Waals surface area (Å²) in [5, 5.41) is 3.25. The topological polar surface area (TPSA) is 40.7 Å². The Labute approximate surface area is 89.2 Å². The summed E-state index contributed by atoms with van der Waals surface area (Å²) >= 11 is 0. The van der Waals surface area contributed by atoms with Crippen molar-refractivity contribution in [3.63, 3.8) is 0 Å². The van der Waals surface area contributed by atoms with Crippen LogP contribution in [0.1, 0.15) is 13.8 Å². The molecule has 15 heavy (non-hydrogen) atoms. The predicted octanol–water partition coefficient (Wildman–Crippen LogP) is 2.94. The second kappa shape index (κ2) is 4.17. The van der Waals surface area contributed by atoms with E-state index in [-0.39, 0.29) is 0 Å². The summed E-state index contributed by atoms with van der Waals surface area (Å²) < 4.78 is 0. The Morgan fingerprint density at radius 2 is 2.27 bits per heavy atom. The van der Waals surface area contributed by atoms with Gasteiger partial charge < -0.3 is 10.3 Å². The van der Waals surface area contributed by atoms with Crippen molar-refractivity contribution >= 4 is 17.0 Å². The molecule has 0 unspecified atom stereocenters. The highest BCUT2D eigenvalue weighted by Crippen LogP contribution is 2.13. The van der Waals surface area contributed by atoms with E-state index in [1.54, 1.807) is 0 Å². The molecule has 0 amide bonds. The van der Waals surface area contributed by atoms with Crippen LogP contribution in [0.15, 0.2) is 35.9 Å². The van der Waals surface area contributed by atoms with Gasteiger partial charge in [-0.3, -0.25) is 0 Å². The fourth-order valence-electron chi connectivity index (χ4n) is 1.36. The van der Waals surface area contributed by atoms with Gasteiger partial charge in [0.2, 0.25) is 5.95 Å². The summed E-state index contributed by atoms with van der Waals surface area (Å²) in [6.45, 7) is 4.96. The van der Waals surface area contributed by atoms with Gasteiger partial charge in [0.05, 0.1) is 11.0 Å². The number of nitrogens with one attached hydrogen (secondary N) is 2. The molecule has 1 aromatic heterocycles. The number of rotatable bonds is 3. The lowest BCUT2D eigenvalue weighted by Crippen LogP contribution is -2.03. The van der Waals surface area contributed by atoms with Crippen molar-refractivity contribution in [3.8, 4) is 0 Å². The van der Waals surface area contributed by atoms with E-state index in [1.165, 1.54) is 5.57 Å². The monoisotopic (exact) mass is 201 g/mol. The number of fused-ring (bicyclic) bond motifs is 1. The fourth-order valence-corrected chi connectivity index (χ4v) is 1.36. The first-order valence-electron chi connectivity index (χ1n) is 5.10. The first kappa shape index (κ1) is 9.77. The highest BCUT2D eigenvalue weighted by molar-refractivity contribution is 5.77. The van der Waals surface area contributed by atoms with E-state index in [9.17, 15) is 0 Å². The third-order valence-corrected chi connectivity index (χ3v) is 2.42. The number of hydrogen-bond acceptors (Lipinski definition) is 2. The first-order chi connectivity index (χ1) is 7.29. The average Bonchev–Trinajstić information content (AvgIpc) is 2.68. The van der Waals surface area contributed by atoms with Crippen LogP contribution in [0.3, 0.4) is 0 Å². The number of anilines is 1. The number of H-pyrrole nitrogens is 1. The maximum absolute atomic E-state index is 4.43. The molecule has 1 aromatic carbocycles. The molecule has 2 N–H and O–H groups in total. The summed E-state index contributed by atoms with van der Waals surface area (Å²) in [5.74, 6) is 0.831. The van der Waals surface area contributed by atoms with Crippen molar-refractivity contribution in [3.05, 3.63) is 35.9 Å². The molecule has 2 aromatic rings. The summed E-state index contributed by atoms with van der Waals surface area (Å²) in [5.41, 5.74) is 3.37. The molecule has 0 aliphatic carbocycles. The Kier molecular flexibility index (Phi) is 2.72. The van der Waals surface area contributed by atoms with E-state index < -0.39 is 0 Å². The molecule has 0 aliphatic rings. The predicted molar refractivity (Wildman–Crippen MR) is 64.0 cm³/mol. The number of imidazole rings is 1. The third kappa shape index (κ3) is 2.18. The Bertz CT molecular complexity index is 449. The zero-order valence-corrected chi connectivity index (χ0v) is 9.04. The summed E-state index contributed by atoms with van der Waals surface area (Å²) in [4.78, 5) is 7.65. The van der Waals surface area contributed by atoms with Gasteiger partial charge in [-0.2, -0.15) is 0 Å². The van der Waals surface area contributed by atoms with Gasteiger partial charge in [0, 0.05) is 6.54 Å². The normalized spacial score (nSPS) is 12.0. The van der Waals surface area contributed by atoms with Gasteiger partial charge in [-0.05, 0) is 26.0 Å². The highest BCUT2D eigenvalue weighted by Gasteiger charge is 2.00. The van der Waals surface area contributed by atoms with Gasteiger partial charge in [0.15, 0.2) is 0 Å². The zero-order chi connectivity index (χ0) is 10.7. The lowest BCUT2D eigenvalue weighted by Gasteiger charge is -2.01. The molecule has 0 atom stereocenters. The van der Waals surface area contributed by atoms with Crippen molar-refractivity contribution in [1.29, 1.82) is 0 Å². The number of allylic oxidation sites excluding steroid dienone is 1. The molecule has 0 bridgehead atoms. The number of benzene rings is 1. The van der Waals surface area contributed by atoms with Gasteiger partial charge in [0.1, 0.15) is 0 Å². The minimum atomic E-state index is 0.830. The molecule has 1 heterocycles. The van der Waals surface area contributed by atoms with E-state index in [4.69, 9.17) is 0 Å². The molecule has 0 saturated heterocycles. The molecular weight excluding hydrogens is 186 g/mol. The van der Waals surface area contributed by atoms with Crippen molar-refractivity contribution in [2.45, 2.75) is 13.8 Å². The standard InChI is InChI=1S/C12H15N3/c1-3-9(2)8-13-12-14-10-6-4-5-7-11(10)15-12/h3-7H,8H2,1-2H3,(H2,13,14,15). The second-order valence-corrected chi connectivity index (χ2v) is 3.59. The number of hydrogen-bond donors (Lipinski definition) is 2. The molecule has 0 radical (unpaired) electrons. The molecule has 2 rings (SSSR count). The summed E-state index contributed by atoms with van der Waals surface area (Å²) in [6, 6.07) is 8.02. The van der Waals surface area contributed by atoms with Crippen LogP contribution in [0, 0.1) is 0 Å². The Morgan fingerprint density at radius 3 is 3.00 bits per heavy atom. The van der Waals surface area contributed by atoms with Gasteiger partial charge in [-0.15, -0.1) is 0 Å². The molecule has 0 aliphatic heterocycles. The van der Waals surface area contributed by atoms with Gasteiger partial charge in [-0.25, -0.2) is 4.98 Å². The van der Waals surface area contributed by atoms with E-state index in [1.807, 2.05) is 31.2 Å². The maximum Gasteiger partial charge on any atom is 0.201 e. The van der Waals surface area contributed by atoms with Crippen molar-refractivity contribution < 1.29 is 0 Å². The van der Waals surface area contributed by atoms with Gasteiger partial charge in [0.25, 0.3) is 0 Å². The van der Waals surface area contributed by atoms with Crippen LogP contribution in [-0.2, 0) is 0 Å². The van der Waals surface area contributed by atoms with Crippen LogP contribution in [-0.4, -0.2) is 16.5 Å². The van der Waals surface area contributed by atoms with Crippen LogP contribution < -0.4 is 5.32 Å². The number of para-hydroxylation sites is 2. The lowest BCUT2D eigenvalue weighted by molar-refractivity contribution is 1.14. The molecule has 0 spiro atoms. The SMILES string of the molecule is CC=C(C)CNc1nc2ccccc2[nH]1. The van der Waals surface area contributed by atoms with E-state index in [0.717, 1.165) is 23.5 Å². The highest BCUT2D eigenvalue weighted by atomic mass is 15.1. The van der Waals surface area contributed by atoms with Crippen molar-refractivity contribution in [2.75, 3.05) is 11.9 Å². The van der Waals surface area contributed by atoms with Crippen LogP contribution in [0.5, 0.6) is 0 Å². The second-order valence-electron chi connectivity index (χ2n) is 3.59. The van der Waals surface area contributed by atoms with E-state index in [0.29, 0.717) is 0 Å². The van der Waals surface area contributed by atoms with Gasteiger partial charge >= 0.3 is 0 Å². The zero-order valence-electron chi connectivity index (χ0n) is 9.04. The summed E-state index contributed by atoms with van der Waals surface area (Å²) in [7, 11) is 0. The Balaban J connectivity index is 2.15. The number of aromatic amines is 1. The van der Waals surface area contributed by atoms with E-state index >= 15 is 0 Å². The van der Waals surface area contributed by atoms with Crippen LogP contribution in [0.4, 0.5) is 5.95 Å². The smallest absolute Gasteiger partial charge is 0.201 e. The molecule has 0 fully saturated rings. The number of nitrogens with zero attached hydrogens (tertiary/aromatic N) is 1. The molecule has 78 valence electrons. The maximum atomic E-state index is 4.43. The molecular formula is C12H15N3. The molecule has 3 nitrogen and oxygen atoms in total. The summed E-state index contributed by atoms with van der Waals surface area (Å²) in [6.07, 6.45) is 2.09. The van der Waals surface area contributed by atoms with Gasteiger partial charge in [-0.1, -0.05) is 23.8 Å². The average molecular weight is 201 g/mol. The minimum Gasteiger partial charge on any atom is -0.352 e. The van der Waals surface area contributed by atoms with E-state index in [2.05, 4.69) is 28.3 Å². The van der Waals surface area contributed by atoms with Crippen LogP contribution >= 0.6 is 0 Å². The van der Waals surface area contributed by atoms with Crippen molar-refractivity contribution in [1.82, 2.24) is 9.97 Å². The van der Waals surface area contributed by atoms with Crippen LogP contribution in [0.25, 0.3) is 11.0 Å². The Hall–Kier alpha value is -1.77. The minimum absolute atomic E-state index is 0.830. The lowest BCUT2D eigenvalue weighted by atomic mass is 10.3.